The summed E-state index contributed by atoms with van der Waals surface area (Å²) in [6.45, 7) is 4.12. The van der Waals surface area contributed by atoms with Crippen LogP contribution in [0.5, 0.6) is 0 Å². The number of nitrogens with one attached hydrogen (secondary N) is 2. The van der Waals surface area contributed by atoms with Gasteiger partial charge in [-0.2, -0.15) is 4.98 Å². The van der Waals surface area contributed by atoms with E-state index in [1.165, 1.54) is 6.20 Å². The normalized spacial score (nSPS) is 14.8. The van der Waals surface area contributed by atoms with E-state index in [9.17, 15) is 14.7 Å². The molecular formula is C20H27N7O4. The van der Waals surface area contributed by atoms with Gasteiger partial charge >= 0.3 is 0 Å². The van der Waals surface area contributed by atoms with E-state index in [4.69, 9.17) is 10.8 Å². The second-order valence-electron chi connectivity index (χ2n) is 7.20. The Morgan fingerprint density at radius 1 is 1.19 bits per heavy atom. The second kappa shape index (κ2) is 10.0. The Hall–Kier alpha value is -3.44. The average molecular weight is 429 g/mol. The molecule has 1 aliphatic heterocycles. The molecule has 0 saturated carbocycles. The van der Waals surface area contributed by atoms with Gasteiger partial charge in [0.15, 0.2) is 0 Å². The number of nitrogens with two attached hydrogens (primary N) is 1. The molecule has 11 nitrogen and oxygen atoms in total. The number of nitrogens with zero attached hydrogens (tertiary/aromatic N) is 4. The van der Waals surface area contributed by atoms with E-state index in [1.54, 1.807) is 6.92 Å². The van der Waals surface area contributed by atoms with Crippen LogP contribution in [0.1, 0.15) is 17.3 Å². The number of benzene rings is 1. The highest BCUT2D eigenvalue weighted by molar-refractivity contribution is 5.97. The van der Waals surface area contributed by atoms with Crippen molar-refractivity contribution < 1.29 is 19.8 Å². The topological polar surface area (TPSA) is 157 Å². The lowest BCUT2D eigenvalue weighted by molar-refractivity contribution is -0.129. The first-order valence-electron chi connectivity index (χ1n) is 9.94. The van der Waals surface area contributed by atoms with Crippen LogP contribution in [0.25, 0.3) is 0 Å². The summed E-state index contributed by atoms with van der Waals surface area (Å²) in [5.41, 5.74) is 7.23. The summed E-state index contributed by atoms with van der Waals surface area (Å²) >= 11 is 0. The number of aromatic nitrogens is 2. The molecule has 6 N–H and O–H groups in total. The SMILES string of the molecule is CC(=O)N1CCN(c2ccc(Nc3ncc(C(N)=O)c(NCC(O)CO)n3)cc2)CC1. The maximum atomic E-state index is 11.6. The molecule has 2 amide bonds. The van der Waals surface area contributed by atoms with Crippen molar-refractivity contribution in [2.24, 2.45) is 5.73 Å². The number of amides is 2. The van der Waals surface area contributed by atoms with Crippen LogP contribution in [0.2, 0.25) is 0 Å². The van der Waals surface area contributed by atoms with Crippen molar-refractivity contribution in [3.8, 4) is 0 Å². The van der Waals surface area contributed by atoms with E-state index in [0.717, 1.165) is 24.5 Å². The third-order valence-electron chi connectivity index (χ3n) is 4.98. The van der Waals surface area contributed by atoms with Crippen molar-refractivity contribution in [1.82, 2.24) is 14.9 Å². The van der Waals surface area contributed by atoms with Crippen molar-refractivity contribution in [1.29, 1.82) is 0 Å². The molecule has 166 valence electrons. The van der Waals surface area contributed by atoms with Crippen molar-refractivity contribution in [2.45, 2.75) is 13.0 Å². The summed E-state index contributed by atoms with van der Waals surface area (Å²) in [6, 6.07) is 7.72. The molecule has 1 aliphatic rings. The minimum absolute atomic E-state index is 0.00117. The van der Waals surface area contributed by atoms with E-state index < -0.39 is 18.6 Å². The molecule has 0 aliphatic carbocycles. The molecular weight excluding hydrogens is 402 g/mol. The van der Waals surface area contributed by atoms with Gasteiger partial charge in [0.2, 0.25) is 11.9 Å². The highest BCUT2D eigenvalue weighted by Crippen LogP contribution is 2.22. The monoisotopic (exact) mass is 429 g/mol. The number of aliphatic hydroxyl groups is 2. The fraction of sp³-hybridized carbons (Fsp3) is 0.400. The van der Waals surface area contributed by atoms with Crippen LogP contribution in [0, 0.1) is 0 Å². The van der Waals surface area contributed by atoms with E-state index in [0.29, 0.717) is 13.1 Å². The first-order valence-corrected chi connectivity index (χ1v) is 9.94. The zero-order valence-corrected chi connectivity index (χ0v) is 17.3. The quantitative estimate of drug-likeness (QED) is 0.382. The maximum Gasteiger partial charge on any atom is 0.254 e. The van der Waals surface area contributed by atoms with E-state index >= 15 is 0 Å². The summed E-state index contributed by atoms with van der Waals surface area (Å²) in [4.78, 5) is 35.5. The lowest BCUT2D eigenvalue weighted by atomic mass is 10.2. The maximum absolute atomic E-state index is 11.6. The smallest absolute Gasteiger partial charge is 0.254 e. The van der Waals surface area contributed by atoms with Crippen LogP contribution in [-0.2, 0) is 4.79 Å². The lowest BCUT2D eigenvalue weighted by Gasteiger charge is -2.35. The third-order valence-corrected chi connectivity index (χ3v) is 4.98. The number of piperazine rings is 1. The largest absolute Gasteiger partial charge is 0.394 e. The van der Waals surface area contributed by atoms with Gasteiger partial charge in [-0.1, -0.05) is 0 Å². The molecule has 1 saturated heterocycles. The zero-order valence-electron chi connectivity index (χ0n) is 17.3. The summed E-state index contributed by atoms with van der Waals surface area (Å²) < 4.78 is 0. The molecule has 1 aromatic carbocycles. The van der Waals surface area contributed by atoms with Crippen LogP contribution in [0.4, 0.5) is 23.1 Å². The highest BCUT2D eigenvalue weighted by atomic mass is 16.3. The molecule has 11 heteroatoms. The molecule has 31 heavy (non-hydrogen) atoms. The molecule has 1 atom stereocenters. The van der Waals surface area contributed by atoms with Gasteiger partial charge in [0.25, 0.3) is 5.91 Å². The molecule has 3 rings (SSSR count). The predicted molar refractivity (Wildman–Crippen MR) is 116 cm³/mol. The first-order chi connectivity index (χ1) is 14.9. The van der Waals surface area contributed by atoms with Gasteiger partial charge < -0.3 is 36.4 Å². The first kappa shape index (κ1) is 22.2. The van der Waals surface area contributed by atoms with Gasteiger partial charge in [-0.3, -0.25) is 9.59 Å². The number of hydrogen-bond acceptors (Lipinski definition) is 9. The lowest BCUT2D eigenvalue weighted by Crippen LogP contribution is -2.48. The number of hydrogen-bond donors (Lipinski definition) is 5. The van der Waals surface area contributed by atoms with Gasteiger partial charge in [0.1, 0.15) is 5.82 Å². The molecule has 1 fully saturated rings. The van der Waals surface area contributed by atoms with E-state index in [1.807, 2.05) is 29.2 Å². The van der Waals surface area contributed by atoms with Crippen molar-refractivity contribution in [3.63, 3.8) is 0 Å². The molecule has 1 aromatic heterocycles. The van der Waals surface area contributed by atoms with Crippen molar-refractivity contribution in [2.75, 3.05) is 54.9 Å². The van der Waals surface area contributed by atoms with Crippen LogP contribution in [0.15, 0.2) is 30.5 Å². The minimum Gasteiger partial charge on any atom is -0.394 e. The average Bonchev–Trinajstić information content (AvgIpc) is 2.78. The molecule has 0 spiro atoms. The zero-order chi connectivity index (χ0) is 22.4. The van der Waals surface area contributed by atoms with Gasteiger partial charge in [-0.05, 0) is 24.3 Å². The summed E-state index contributed by atoms with van der Waals surface area (Å²) in [5.74, 6) is -0.200. The predicted octanol–water partition coefficient (Wildman–Crippen LogP) is -0.247. The number of carbonyl (C=O) groups excluding carboxylic acids is 2. The van der Waals surface area contributed by atoms with Gasteiger partial charge in [0, 0.05) is 57.2 Å². The third kappa shape index (κ3) is 5.80. The fourth-order valence-corrected chi connectivity index (χ4v) is 3.20. The van der Waals surface area contributed by atoms with Crippen molar-refractivity contribution >= 4 is 35.0 Å². The molecule has 2 heterocycles. The number of aliphatic hydroxyl groups excluding tert-OH is 2. The summed E-state index contributed by atoms with van der Waals surface area (Å²) in [7, 11) is 0. The molecule has 2 aromatic rings. The second-order valence-corrected chi connectivity index (χ2v) is 7.20. The Kier molecular flexibility index (Phi) is 7.21. The van der Waals surface area contributed by atoms with E-state index in [-0.39, 0.29) is 29.8 Å². The Labute approximate surface area is 179 Å². The fourth-order valence-electron chi connectivity index (χ4n) is 3.20. The van der Waals surface area contributed by atoms with Crippen LogP contribution >= 0.6 is 0 Å². The van der Waals surface area contributed by atoms with Crippen LogP contribution in [0.3, 0.4) is 0 Å². The number of carbonyl (C=O) groups is 2. The molecule has 1 unspecified atom stereocenters. The number of rotatable bonds is 8. The van der Waals surface area contributed by atoms with Crippen molar-refractivity contribution in [3.05, 3.63) is 36.0 Å². The number of anilines is 4. The van der Waals surface area contributed by atoms with Crippen LogP contribution in [-0.4, -0.2) is 82.3 Å². The molecule has 0 bridgehead atoms. The Balaban J connectivity index is 1.66. The Bertz CT molecular complexity index is 914. The Morgan fingerprint density at radius 3 is 2.45 bits per heavy atom. The van der Waals surface area contributed by atoms with E-state index in [2.05, 4.69) is 25.5 Å². The highest BCUT2D eigenvalue weighted by Gasteiger charge is 2.19. The van der Waals surface area contributed by atoms with Crippen LogP contribution < -0.4 is 21.3 Å². The summed E-state index contributed by atoms with van der Waals surface area (Å²) in [6.07, 6.45) is 0.297. The number of primary amides is 1. The van der Waals surface area contributed by atoms with Gasteiger partial charge in [-0.25, -0.2) is 4.98 Å². The van der Waals surface area contributed by atoms with Gasteiger partial charge in [-0.15, -0.1) is 0 Å². The summed E-state index contributed by atoms with van der Waals surface area (Å²) in [5, 5.41) is 24.3. The minimum atomic E-state index is -1.00. The molecule has 0 radical (unpaired) electrons. The Morgan fingerprint density at radius 2 is 1.87 bits per heavy atom. The van der Waals surface area contributed by atoms with Gasteiger partial charge in [0.05, 0.1) is 18.3 Å². The standard InChI is InChI=1S/C20H27N7O4/c1-13(29)26-6-8-27(9-7-26)15-4-2-14(3-5-15)24-20-23-11-17(18(21)31)19(25-20)22-10-16(30)12-28/h2-5,11,16,28,30H,6-10,12H2,1H3,(H2,21,31)(H2,22,23,24,25).